The number of benzene rings is 1. The van der Waals surface area contributed by atoms with Gasteiger partial charge in [-0.3, -0.25) is 0 Å². The van der Waals surface area contributed by atoms with E-state index in [0.717, 1.165) is 22.4 Å². The summed E-state index contributed by atoms with van der Waals surface area (Å²) in [5, 5.41) is 0. The number of hydrogen-bond acceptors (Lipinski definition) is 1. The summed E-state index contributed by atoms with van der Waals surface area (Å²) in [6, 6.07) is 4.75. The fourth-order valence-electron chi connectivity index (χ4n) is 1.78. The molecule has 2 N–H and O–H groups in total. The monoisotopic (exact) mass is 271 g/mol. The predicted molar refractivity (Wildman–Crippen MR) is 63.0 cm³/mol. The van der Waals surface area contributed by atoms with Crippen molar-refractivity contribution in [2.75, 3.05) is 0 Å². The first-order chi connectivity index (χ1) is 7.16. The van der Waals surface area contributed by atoms with Gasteiger partial charge in [0.25, 0.3) is 0 Å². The summed E-state index contributed by atoms with van der Waals surface area (Å²) in [5.41, 5.74) is 7.08. The molecule has 3 heteroatoms. The van der Waals surface area contributed by atoms with E-state index >= 15 is 0 Å². The molecular weight excluding hydrogens is 257 g/mol. The first-order valence-corrected chi connectivity index (χ1v) is 6.16. The van der Waals surface area contributed by atoms with Crippen LogP contribution in [0.1, 0.15) is 37.3 Å². The van der Waals surface area contributed by atoms with Crippen LogP contribution < -0.4 is 5.73 Å². The molecule has 0 amide bonds. The van der Waals surface area contributed by atoms with Crippen LogP contribution in [0.5, 0.6) is 0 Å². The molecule has 82 valence electrons. The summed E-state index contributed by atoms with van der Waals surface area (Å²) in [4.78, 5) is 0. The van der Waals surface area contributed by atoms with Crippen molar-refractivity contribution in [3.63, 3.8) is 0 Å². The lowest BCUT2D eigenvalue weighted by Crippen LogP contribution is -2.11. The molecule has 0 aliphatic heterocycles. The summed E-state index contributed by atoms with van der Waals surface area (Å²) < 4.78 is 13.6. The highest BCUT2D eigenvalue weighted by Crippen LogP contribution is 2.36. The molecule has 1 aliphatic rings. The summed E-state index contributed by atoms with van der Waals surface area (Å²) in [7, 11) is 0. The van der Waals surface area contributed by atoms with Gasteiger partial charge in [-0.1, -0.05) is 34.8 Å². The smallest absolute Gasteiger partial charge is 0.124 e. The van der Waals surface area contributed by atoms with Crippen LogP contribution in [0.2, 0.25) is 0 Å². The highest BCUT2D eigenvalue weighted by atomic mass is 79.9. The molecule has 15 heavy (non-hydrogen) atoms. The molecule has 1 atom stereocenters. The van der Waals surface area contributed by atoms with E-state index in [9.17, 15) is 4.39 Å². The molecule has 0 radical (unpaired) electrons. The maximum absolute atomic E-state index is 12.9. The fourth-order valence-corrected chi connectivity index (χ4v) is 2.42. The normalized spacial score (nSPS) is 17.8. The van der Waals surface area contributed by atoms with E-state index in [1.807, 2.05) is 0 Å². The van der Waals surface area contributed by atoms with Gasteiger partial charge in [0, 0.05) is 10.5 Å². The third-order valence-electron chi connectivity index (χ3n) is 2.94. The van der Waals surface area contributed by atoms with Gasteiger partial charge in [-0.15, -0.1) is 0 Å². The average molecular weight is 272 g/mol. The SMILES string of the molecule is NC(CCC1CC1)c1ccc(F)cc1Br. The van der Waals surface area contributed by atoms with Crippen LogP contribution in [0, 0.1) is 11.7 Å². The Kier molecular flexibility index (Phi) is 3.42. The third-order valence-corrected chi connectivity index (χ3v) is 3.63. The minimum Gasteiger partial charge on any atom is -0.324 e. The molecule has 1 aromatic carbocycles. The van der Waals surface area contributed by atoms with Gasteiger partial charge >= 0.3 is 0 Å². The van der Waals surface area contributed by atoms with Crippen LogP contribution >= 0.6 is 15.9 Å². The van der Waals surface area contributed by atoms with E-state index in [2.05, 4.69) is 15.9 Å². The van der Waals surface area contributed by atoms with Crippen LogP contribution in [0.3, 0.4) is 0 Å². The Balaban J connectivity index is 1.99. The van der Waals surface area contributed by atoms with Gasteiger partial charge in [-0.05, 0) is 36.5 Å². The molecular formula is C12H15BrFN. The highest BCUT2D eigenvalue weighted by molar-refractivity contribution is 9.10. The number of hydrogen-bond donors (Lipinski definition) is 1. The van der Waals surface area contributed by atoms with Gasteiger partial charge in [-0.2, -0.15) is 0 Å². The fraction of sp³-hybridized carbons (Fsp3) is 0.500. The zero-order valence-corrected chi connectivity index (χ0v) is 10.1. The van der Waals surface area contributed by atoms with Crippen molar-refractivity contribution in [1.82, 2.24) is 0 Å². The van der Waals surface area contributed by atoms with Gasteiger partial charge in [0.1, 0.15) is 5.82 Å². The van der Waals surface area contributed by atoms with E-state index in [0.29, 0.717) is 0 Å². The zero-order valence-electron chi connectivity index (χ0n) is 8.55. The molecule has 1 aliphatic carbocycles. The van der Waals surface area contributed by atoms with Crippen molar-refractivity contribution >= 4 is 15.9 Å². The Hall–Kier alpha value is -0.410. The van der Waals surface area contributed by atoms with Crippen LogP contribution in [0.4, 0.5) is 4.39 Å². The molecule has 0 spiro atoms. The van der Waals surface area contributed by atoms with Crippen LogP contribution in [0.15, 0.2) is 22.7 Å². The molecule has 1 unspecified atom stereocenters. The largest absolute Gasteiger partial charge is 0.324 e. The molecule has 2 rings (SSSR count). The van der Waals surface area contributed by atoms with Gasteiger partial charge in [0.05, 0.1) is 0 Å². The zero-order chi connectivity index (χ0) is 10.8. The Morgan fingerprint density at radius 2 is 2.20 bits per heavy atom. The molecule has 0 heterocycles. The Morgan fingerprint density at radius 1 is 1.47 bits per heavy atom. The lowest BCUT2D eigenvalue weighted by Gasteiger charge is -2.13. The molecule has 1 saturated carbocycles. The Labute approximate surface area is 98.0 Å². The van der Waals surface area contributed by atoms with Crippen LogP contribution in [-0.4, -0.2) is 0 Å². The van der Waals surface area contributed by atoms with Crippen molar-refractivity contribution < 1.29 is 4.39 Å². The summed E-state index contributed by atoms with van der Waals surface area (Å²) >= 11 is 3.35. The predicted octanol–water partition coefficient (Wildman–Crippen LogP) is 3.78. The molecule has 0 bridgehead atoms. The second kappa shape index (κ2) is 4.62. The van der Waals surface area contributed by atoms with Crippen LogP contribution in [-0.2, 0) is 0 Å². The second-order valence-electron chi connectivity index (χ2n) is 4.29. The van der Waals surface area contributed by atoms with Gasteiger partial charge in [0.2, 0.25) is 0 Å². The van der Waals surface area contributed by atoms with Crippen molar-refractivity contribution in [3.05, 3.63) is 34.1 Å². The standard InChI is InChI=1S/C12H15BrFN/c13-11-7-9(14)4-5-10(11)12(15)6-3-8-1-2-8/h4-5,7-8,12H,1-3,6,15H2. The lowest BCUT2D eigenvalue weighted by molar-refractivity contribution is 0.570. The van der Waals surface area contributed by atoms with Crippen molar-refractivity contribution in [1.29, 1.82) is 0 Å². The Morgan fingerprint density at radius 3 is 2.80 bits per heavy atom. The second-order valence-corrected chi connectivity index (χ2v) is 5.15. The van der Waals surface area contributed by atoms with E-state index in [4.69, 9.17) is 5.73 Å². The highest BCUT2D eigenvalue weighted by Gasteiger charge is 2.22. The maximum Gasteiger partial charge on any atom is 0.124 e. The first-order valence-electron chi connectivity index (χ1n) is 5.37. The third kappa shape index (κ3) is 3.02. The quantitative estimate of drug-likeness (QED) is 0.886. The summed E-state index contributed by atoms with van der Waals surface area (Å²) in [5.74, 6) is 0.676. The molecule has 0 saturated heterocycles. The summed E-state index contributed by atoms with van der Waals surface area (Å²) in [6.45, 7) is 0. The van der Waals surface area contributed by atoms with Crippen molar-refractivity contribution in [2.45, 2.75) is 31.7 Å². The van der Waals surface area contributed by atoms with E-state index < -0.39 is 0 Å². The molecule has 1 aromatic rings. The minimum absolute atomic E-state index is 0.0283. The molecule has 0 aromatic heterocycles. The number of rotatable bonds is 4. The summed E-state index contributed by atoms with van der Waals surface area (Å²) in [6.07, 6.45) is 4.91. The number of nitrogens with two attached hydrogens (primary N) is 1. The topological polar surface area (TPSA) is 26.0 Å². The first kappa shape index (κ1) is 11.1. The number of halogens is 2. The van der Waals surface area contributed by atoms with Gasteiger partial charge in [0.15, 0.2) is 0 Å². The van der Waals surface area contributed by atoms with Crippen molar-refractivity contribution in [3.8, 4) is 0 Å². The van der Waals surface area contributed by atoms with E-state index in [1.54, 1.807) is 6.07 Å². The van der Waals surface area contributed by atoms with Crippen molar-refractivity contribution in [2.24, 2.45) is 11.7 Å². The molecule has 1 nitrogen and oxygen atoms in total. The molecule has 1 fully saturated rings. The maximum atomic E-state index is 12.9. The van der Waals surface area contributed by atoms with Gasteiger partial charge in [-0.25, -0.2) is 4.39 Å². The van der Waals surface area contributed by atoms with E-state index in [1.165, 1.54) is 31.4 Å². The minimum atomic E-state index is -0.222. The van der Waals surface area contributed by atoms with Gasteiger partial charge < -0.3 is 5.73 Å². The van der Waals surface area contributed by atoms with Crippen LogP contribution in [0.25, 0.3) is 0 Å². The average Bonchev–Trinajstić information content (AvgIpc) is 2.97. The van der Waals surface area contributed by atoms with E-state index in [-0.39, 0.29) is 11.9 Å². The lowest BCUT2D eigenvalue weighted by atomic mass is 10.0. The Bertz CT molecular complexity index is 349.